The standard InChI is InChI=1S/C18H23NO4/c1-6-7-12-9-14(20)19(16(12)21)10-23-17(22)15-13(8-11(2)3)18(15,4)5/h1,8,12-13,15H,7,9-10H2,2-5H3/t12?,13?,15-/m0/s1. The number of hydrogen-bond acceptors (Lipinski definition) is 4. The fraction of sp³-hybridized carbons (Fsp3) is 0.611. The van der Waals surface area contributed by atoms with Gasteiger partial charge in [-0.3, -0.25) is 14.4 Å². The van der Waals surface area contributed by atoms with Crippen LogP contribution in [0.3, 0.4) is 0 Å². The Hall–Kier alpha value is -2.09. The molecule has 124 valence electrons. The number of amides is 2. The topological polar surface area (TPSA) is 63.7 Å². The van der Waals surface area contributed by atoms with Crippen LogP contribution in [0.2, 0.25) is 0 Å². The predicted molar refractivity (Wildman–Crippen MR) is 84.6 cm³/mol. The quantitative estimate of drug-likeness (QED) is 0.337. The van der Waals surface area contributed by atoms with Crippen LogP contribution in [-0.4, -0.2) is 29.4 Å². The van der Waals surface area contributed by atoms with Gasteiger partial charge in [0.1, 0.15) is 0 Å². The van der Waals surface area contributed by atoms with Crippen molar-refractivity contribution in [3.05, 3.63) is 11.6 Å². The molecule has 0 aromatic heterocycles. The van der Waals surface area contributed by atoms with Crippen molar-refractivity contribution in [1.82, 2.24) is 4.90 Å². The molecule has 1 saturated heterocycles. The minimum atomic E-state index is -0.484. The number of carbonyl (C=O) groups excluding carboxylic acids is 3. The second kappa shape index (κ2) is 6.19. The SMILES string of the molecule is C#CCC1CC(=O)N(COC(=O)[C@@H]2C(C=C(C)C)C2(C)C)C1=O. The Bertz CT molecular complexity index is 607. The molecular weight excluding hydrogens is 294 g/mol. The molecule has 1 aliphatic heterocycles. The van der Waals surface area contributed by atoms with E-state index in [1.54, 1.807) is 0 Å². The summed E-state index contributed by atoms with van der Waals surface area (Å²) in [5.74, 6) is 0.772. The van der Waals surface area contributed by atoms with Gasteiger partial charge in [0, 0.05) is 12.8 Å². The van der Waals surface area contributed by atoms with Gasteiger partial charge in [0.15, 0.2) is 6.73 Å². The van der Waals surface area contributed by atoms with E-state index in [4.69, 9.17) is 11.2 Å². The Morgan fingerprint density at radius 1 is 1.43 bits per heavy atom. The summed E-state index contributed by atoms with van der Waals surface area (Å²) < 4.78 is 5.23. The second-order valence-corrected chi connectivity index (χ2v) is 7.13. The molecule has 2 amide bonds. The first-order chi connectivity index (χ1) is 10.7. The number of hydrogen-bond donors (Lipinski definition) is 0. The first-order valence-corrected chi connectivity index (χ1v) is 7.79. The molecule has 23 heavy (non-hydrogen) atoms. The van der Waals surface area contributed by atoms with Gasteiger partial charge in [0.2, 0.25) is 11.8 Å². The summed E-state index contributed by atoms with van der Waals surface area (Å²) in [6.45, 7) is 7.69. The lowest BCUT2D eigenvalue weighted by Crippen LogP contribution is -2.34. The molecule has 0 bridgehead atoms. The number of terminal acetylenes is 1. The minimum absolute atomic E-state index is 0.0932. The minimum Gasteiger partial charge on any atom is -0.443 e. The summed E-state index contributed by atoms with van der Waals surface area (Å²) in [5, 5.41) is 0. The summed E-state index contributed by atoms with van der Waals surface area (Å²) in [6.07, 6.45) is 7.59. The molecule has 1 saturated carbocycles. The highest BCUT2D eigenvalue weighted by molar-refractivity contribution is 6.03. The number of nitrogens with zero attached hydrogens (tertiary/aromatic N) is 1. The van der Waals surface area contributed by atoms with E-state index in [1.807, 2.05) is 27.7 Å². The molecule has 2 fully saturated rings. The average Bonchev–Trinajstić information content (AvgIpc) is 2.85. The maximum absolute atomic E-state index is 12.3. The van der Waals surface area contributed by atoms with Gasteiger partial charge in [0.25, 0.3) is 0 Å². The summed E-state index contributed by atoms with van der Waals surface area (Å²) >= 11 is 0. The molecule has 3 atom stereocenters. The fourth-order valence-corrected chi connectivity index (χ4v) is 3.20. The highest BCUT2D eigenvalue weighted by Gasteiger charge is 2.61. The summed E-state index contributed by atoms with van der Waals surface area (Å²) in [6, 6.07) is 0. The third-order valence-corrected chi connectivity index (χ3v) is 4.72. The molecular formula is C18H23NO4. The van der Waals surface area contributed by atoms with E-state index in [1.165, 1.54) is 0 Å². The molecule has 2 unspecified atom stereocenters. The van der Waals surface area contributed by atoms with Gasteiger partial charge in [-0.25, -0.2) is 4.90 Å². The van der Waals surface area contributed by atoms with Gasteiger partial charge in [-0.05, 0) is 25.2 Å². The van der Waals surface area contributed by atoms with Crippen LogP contribution in [0.25, 0.3) is 0 Å². The maximum atomic E-state index is 12.3. The molecule has 0 aromatic rings. The van der Waals surface area contributed by atoms with Crippen molar-refractivity contribution in [3.8, 4) is 12.3 Å². The number of carbonyl (C=O) groups is 3. The Morgan fingerprint density at radius 3 is 2.65 bits per heavy atom. The third-order valence-electron chi connectivity index (χ3n) is 4.72. The van der Waals surface area contributed by atoms with Crippen LogP contribution in [0.4, 0.5) is 0 Å². The van der Waals surface area contributed by atoms with Gasteiger partial charge >= 0.3 is 5.97 Å². The lowest BCUT2D eigenvalue weighted by atomic mass is 10.1. The number of likely N-dealkylation sites (tertiary alicyclic amines) is 1. The van der Waals surface area contributed by atoms with Crippen LogP contribution in [0.5, 0.6) is 0 Å². The molecule has 0 N–H and O–H groups in total. The molecule has 0 radical (unpaired) electrons. The van der Waals surface area contributed by atoms with E-state index in [9.17, 15) is 14.4 Å². The molecule has 1 heterocycles. The summed E-state index contributed by atoms with van der Waals surface area (Å²) in [5.41, 5.74) is 1.000. The normalized spacial score (nSPS) is 28.3. The zero-order valence-electron chi connectivity index (χ0n) is 14.1. The van der Waals surface area contributed by atoms with Crippen molar-refractivity contribution in [2.45, 2.75) is 40.5 Å². The Balaban J connectivity index is 1.93. The highest BCUT2D eigenvalue weighted by atomic mass is 16.5. The van der Waals surface area contributed by atoms with E-state index in [0.717, 1.165) is 10.5 Å². The largest absolute Gasteiger partial charge is 0.443 e. The lowest BCUT2D eigenvalue weighted by molar-refractivity contribution is -0.157. The predicted octanol–water partition coefficient (Wildman–Crippen LogP) is 2.12. The molecule has 1 aliphatic carbocycles. The number of esters is 1. The van der Waals surface area contributed by atoms with Crippen molar-refractivity contribution in [1.29, 1.82) is 0 Å². The molecule has 2 rings (SSSR count). The van der Waals surface area contributed by atoms with Crippen LogP contribution >= 0.6 is 0 Å². The zero-order valence-corrected chi connectivity index (χ0v) is 14.1. The molecule has 5 nitrogen and oxygen atoms in total. The smallest absolute Gasteiger partial charge is 0.311 e. The molecule has 2 aliphatic rings. The van der Waals surface area contributed by atoms with Crippen LogP contribution in [0.1, 0.15) is 40.5 Å². The Morgan fingerprint density at radius 2 is 2.09 bits per heavy atom. The van der Waals surface area contributed by atoms with Gasteiger partial charge in [-0.2, -0.15) is 0 Å². The molecule has 0 spiro atoms. The number of ether oxygens (including phenoxy) is 1. The van der Waals surface area contributed by atoms with E-state index < -0.39 is 5.92 Å². The van der Waals surface area contributed by atoms with Crippen LogP contribution in [-0.2, 0) is 19.1 Å². The first kappa shape index (κ1) is 17.3. The van der Waals surface area contributed by atoms with Crippen molar-refractivity contribution in [3.63, 3.8) is 0 Å². The van der Waals surface area contributed by atoms with E-state index in [0.29, 0.717) is 0 Å². The van der Waals surface area contributed by atoms with Crippen LogP contribution in [0, 0.1) is 35.5 Å². The number of rotatable bonds is 5. The van der Waals surface area contributed by atoms with Gasteiger partial charge < -0.3 is 4.74 Å². The zero-order chi connectivity index (χ0) is 17.4. The monoisotopic (exact) mass is 317 g/mol. The Kier molecular flexibility index (Phi) is 4.65. The summed E-state index contributed by atoms with van der Waals surface area (Å²) in [7, 11) is 0. The molecule has 5 heteroatoms. The van der Waals surface area contributed by atoms with Gasteiger partial charge in [0.05, 0.1) is 11.8 Å². The van der Waals surface area contributed by atoms with E-state index >= 15 is 0 Å². The Labute approximate surface area is 137 Å². The molecule has 0 aromatic carbocycles. The number of allylic oxidation sites excluding steroid dienone is 2. The van der Waals surface area contributed by atoms with Crippen molar-refractivity contribution < 1.29 is 19.1 Å². The number of imide groups is 1. The van der Waals surface area contributed by atoms with Crippen molar-refractivity contribution in [2.24, 2.45) is 23.2 Å². The van der Waals surface area contributed by atoms with Crippen LogP contribution in [0.15, 0.2) is 11.6 Å². The fourth-order valence-electron chi connectivity index (χ4n) is 3.20. The second-order valence-electron chi connectivity index (χ2n) is 7.13. The van der Waals surface area contributed by atoms with Crippen molar-refractivity contribution >= 4 is 17.8 Å². The highest BCUT2D eigenvalue weighted by Crippen LogP contribution is 2.59. The maximum Gasteiger partial charge on any atom is 0.311 e. The van der Waals surface area contributed by atoms with Crippen LogP contribution < -0.4 is 0 Å². The van der Waals surface area contributed by atoms with Crippen molar-refractivity contribution in [2.75, 3.05) is 6.73 Å². The van der Waals surface area contributed by atoms with E-state index in [2.05, 4.69) is 12.0 Å². The van der Waals surface area contributed by atoms with Gasteiger partial charge in [-0.1, -0.05) is 25.5 Å². The van der Waals surface area contributed by atoms with E-state index in [-0.39, 0.29) is 54.6 Å². The summed E-state index contributed by atoms with van der Waals surface area (Å²) in [4.78, 5) is 37.1. The lowest BCUT2D eigenvalue weighted by Gasteiger charge is -2.15. The third kappa shape index (κ3) is 3.31. The first-order valence-electron chi connectivity index (χ1n) is 7.79. The average molecular weight is 317 g/mol. The van der Waals surface area contributed by atoms with Gasteiger partial charge in [-0.15, -0.1) is 12.3 Å².